The Morgan fingerprint density at radius 3 is 2.57 bits per heavy atom. The largest absolute Gasteiger partial charge is 0.352 e. The molecule has 0 aliphatic rings. The summed E-state index contributed by atoms with van der Waals surface area (Å²) in [6.45, 7) is 2.38. The van der Waals surface area contributed by atoms with Crippen molar-refractivity contribution in [3.63, 3.8) is 0 Å². The monoisotopic (exact) mass is 417 g/mol. The molecule has 0 atom stereocenters. The van der Waals surface area contributed by atoms with Crippen molar-refractivity contribution in [1.82, 2.24) is 20.1 Å². The van der Waals surface area contributed by atoms with Gasteiger partial charge in [0, 0.05) is 17.8 Å². The third kappa shape index (κ3) is 4.13. The van der Waals surface area contributed by atoms with Crippen molar-refractivity contribution in [2.75, 3.05) is 11.9 Å². The van der Waals surface area contributed by atoms with E-state index in [-0.39, 0.29) is 11.7 Å². The first kappa shape index (κ1) is 19.5. The second kappa shape index (κ2) is 8.71. The Morgan fingerprint density at radius 2 is 1.83 bits per heavy atom. The van der Waals surface area contributed by atoms with Crippen LogP contribution in [0.15, 0.2) is 72.1 Å². The number of carbonyl (C=O) groups excluding carboxylic acids is 2. The number of hydrogen-bond donors (Lipinski definition) is 2. The first-order valence-electron chi connectivity index (χ1n) is 9.41. The lowest BCUT2D eigenvalue weighted by atomic mass is 10.2. The predicted octanol–water partition coefficient (Wildman–Crippen LogP) is 4.00. The molecular formula is C22H19N5O2S. The fourth-order valence-corrected chi connectivity index (χ4v) is 3.61. The molecule has 2 amide bonds. The molecule has 4 aromatic rings. The molecule has 0 bridgehead atoms. The highest BCUT2D eigenvalue weighted by molar-refractivity contribution is 7.13. The van der Waals surface area contributed by atoms with Crippen LogP contribution in [0.4, 0.5) is 5.69 Å². The predicted molar refractivity (Wildman–Crippen MR) is 117 cm³/mol. The number of carbonyl (C=O) groups is 2. The molecule has 2 aromatic heterocycles. The maximum absolute atomic E-state index is 12.8. The van der Waals surface area contributed by atoms with Crippen LogP contribution in [0.25, 0.3) is 16.4 Å². The molecule has 4 rings (SSSR count). The highest BCUT2D eigenvalue weighted by atomic mass is 32.1. The summed E-state index contributed by atoms with van der Waals surface area (Å²) >= 11 is 1.52. The van der Waals surface area contributed by atoms with Gasteiger partial charge in [0.2, 0.25) is 5.82 Å². The summed E-state index contributed by atoms with van der Waals surface area (Å²) in [6, 6.07) is 20.1. The van der Waals surface area contributed by atoms with E-state index < -0.39 is 5.91 Å². The molecule has 0 saturated carbocycles. The molecule has 0 radical (unpaired) electrons. The van der Waals surface area contributed by atoms with Gasteiger partial charge in [-0.3, -0.25) is 9.59 Å². The van der Waals surface area contributed by atoms with Gasteiger partial charge in [-0.15, -0.1) is 16.4 Å². The standard InChI is InChI=1S/C22H19N5O2S/c1-2-23-21(28)15-8-6-9-16(14-15)24-22(29)19-25-20(18-12-7-13-30-18)27(26-19)17-10-4-3-5-11-17/h3-14H,2H2,1H3,(H,23,28)(H,24,29). The summed E-state index contributed by atoms with van der Waals surface area (Å²) in [7, 11) is 0. The third-order valence-electron chi connectivity index (χ3n) is 4.27. The Balaban J connectivity index is 1.64. The SMILES string of the molecule is CCNC(=O)c1cccc(NC(=O)c2nc(-c3cccs3)n(-c3ccccc3)n2)c1. The van der Waals surface area contributed by atoms with E-state index in [0.717, 1.165) is 10.6 Å². The Labute approximate surface area is 177 Å². The average Bonchev–Trinajstić information content (AvgIpc) is 3.45. The molecule has 8 heteroatoms. The fourth-order valence-electron chi connectivity index (χ4n) is 2.91. The number of nitrogens with one attached hydrogen (secondary N) is 2. The number of nitrogens with zero attached hydrogens (tertiary/aromatic N) is 3. The summed E-state index contributed by atoms with van der Waals surface area (Å²) < 4.78 is 1.66. The molecule has 0 aliphatic carbocycles. The van der Waals surface area contributed by atoms with Gasteiger partial charge in [-0.25, -0.2) is 9.67 Å². The van der Waals surface area contributed by atoms with Crippen LogP contribution in [0.2, 0.25) is 0 Å². The summed E-state index contributed by atoms with van der Waals surface area (Å²) in [6.07, 6.45) is 0. The number of benzene rings is 2. The van der Waals surface area contributed by atoms with Crippen molar-refractivity contribution >= 4 is 28.8 Å². The van der Waals surface area contributed by atoms with Gasteiger partial charge in [0.1, 0.15) is 0 Å². The molecule has 0 fully saturated rings. The van der Waals surface area contributed by atoms with Crippen molar-refractivity contribution in [2.45, 2.75) is 6.92 Å². The number of thiophene rings is 1. The minimum absolute atomic E-state index is 0.0469. The number of hydrogen-bond acceptors (Lipinski definition) is 5. The van der Waals surface area contributed by atoms with Crippen LogP contribution in [0.3, 0.4) is 0 Å². The molecule has 2 aromatic carbocycles. The Kier molecular flexibility index (Phi) is 5.67. The molecule has 0 spiro atoms. The molecule has 2 N–H and O–H groups in total. The van der Waals surface area contributed by atoms with Gasteiger partial charge in [-0.05, 0) is 48.7 Å². The molecule has 2 heterocycles. The van der Waals surface area contributed by atoms with Crippen LogP contribution in [-0.4, -0.2) is 33.1 Å². The molecule has 30 heavy (non-hydrogen) atoms. The van der Waals surface area contributed by atoms with E-state index in [1.54, 1.807) is 28.9 Å². The number of amides is 2. The molecule has 150 valence electrons. The van der Waals surface area contributed by atoms with Crippen molar-refractivity contribution in [1.29, 1.82) is 0 Å². The van der Waals surface area contributed by atoms with Crippen LogP contribution in [0, 0.1) is 0 Å². The zero-order valence-corrected chi connectivity index (χ0v) is 17.0. The van der Waals surface area contributed by atoms with Crippen molar-refractivity contribution in [3.8, 4) is 16.4 Å². The molecule has 0 unspecified atom stereocenters. The van der Waals surface area contributed by atoms with Crippen molar-refractivity contribution in [3.05, 3.63) is 83.5 Å². The van der Waals surface area contributed by atoms with E-state index in [1.807, 2.05) is 54.8 Å². The minimum atomic E-state index is -0.449. The maximum atomic E-state index is 12.8. The lowest BCUT2D eigenvalue weighted by Gasteiger charge is -2.06. The number of rotatable bonds is 6. The van der Waals surface area contributed by atoms with E-state index in [9.17, 15) is 9.59 Å². The highest BCUT2D eigenvalue weighted by Crippen LogP contribution is 2.25. The fraction of sp³-hybridized carbons (Fsp3) is 0.0909. The smallest absolute Gasteiger partial charge is 0.295 e. The molecule has 0 aliphatic heterocycles. The molecular weight excluding hydrogens is 398 g/mol. The lowest BCUT2D eigenvalue weighted by Crippen LogP contribution is -2.23. The summed E-state index contributed by atoms with van der Waals surface area (Å²) in [5.41, 5.74) is 1.78. The quantitative estimate of drug-likeness (QED) is 0.496. The van der Waals surface area contributed by atoms with Gasteiger partial charge in [-0.2, -0.15) is 0 Å². The van der Waals surface area contributed by atoms with Gasteiger partial charge in [0.05, 0.1) is 10.6 Å². The van der Waals surface area contributed by atoms with Gasteiger partial charge >= 0.3 is 0 Å². The van der Waals surface area contributed by atoms with Gasteiger partial charge in [0.25, 0.3) is 11.8 Å². The van der Waals surface area contributed by atoms with Crippen LogP contribution in [-0.2, 0) is 0 Å². The van der Waals surface area contributed by atoms with Gasteiger partial charge < -0.3 is 10.6 Å². The first-order chi connectivity index (χ1) is 14.7. The number of aromatic nitrogens is 3. The summed E-state index contributed by atoms with van der Waals surface area (Å²) in [5.74, 6) is -0.00121. The van der Waals surface area contributed by atoms with Gasteiger partial charge in [-0.1, -0.05) is 30.3 Å². The maximum Gasteiger partial charge on any atom is 0.295 e. The second-order valence-corrected chi connectivity index (χ2v) is 7.33. The topological polar surface area (TPSA) is 88.9 Å². The minimum Gasteiger partial charge on any atom is -0.352 e. The number of para-hydroxylation sites is 1. The van der Waals surface area contributed by atoms with Crippen LogP contribution in [0.1, 0.15) is 27.9 Å². The second-order valence-electron chi connectivity index (χ2n) is 6.38. The molecule has 0 saturated heterocycles. The van der Waals surface area contributed by atoms with Crippen molar-refractivity contribution in [2.24, 2.45) is 0 Å². The number of anilines is 1. The Morgan fingerprint density at radius 1 is 1.00 bits per heavy atom. The van der Waals surface area contributed by atoms with Crippen LogP contribution < -0.4 is 10.6 Å². The third-order valence-corrected chi connectivity index (χ3v) is 5.14. The van der Waals surface area contributed by atoms with Crippen molar-refractivity contribution < 1.29 is 9.59 Å². The highest BCUT2D eigenvalue weighted by Gasteiger charge is 2.19. The van der Waals surface area contributed by atoms with Crippen LogP contribution in [0.5, 0.6) is 0 Å². The average molecular weight is 417 g/mol. The van der Waals surface area contributed by atoms with E-state index in [0.29, 0.717) is 23.6 Å². The van der Waals surface area contributed by atoms with E-state index in [4.69, 9.17) is 0 Å². The zero-order chi connectivity index (χ0) is 20.9. The van der Waals surface area contributed by atoms with E-state index in [1.165, 1.54) is 11.3 Å². The summed E-state index contributed by atoms with van der Waals surface area (Å²) in [4.78, 5) is 30.3. The molecule has 7 nitrogen and oxygen atoms in total. The first-order valence-corrected chi connectivity index (χ1v) is 10.3. The van der Waals surface area contributed by atoms with E-state index in [2.05, 4.69) is 20.7 Å². The van der Waals surface area contributed by atoms with Gasteiger partial charge in [0.15, 0.2) is 5.82 Å². The Hall–Kier alpha value is -3.78. The van der Waals surface area contributed by atoms with Crippen LogP contribution >= 0.6 is 11.3 Å². The summed E-state index contributed by atoms with van der Waals surface area (Å²) in [5, 5.41) is 11.9. The normalized spacial score (nSPS) is 10.6. The zero-order valence-electron chi connectivity index (χ0n) is 16.2. The van der Waals surface area contributed by atoms with E-state index >= 15 is 0 Å². The Bertz CT molecular complexity index is 1170. The lowest BCUT2D eigenvalue weighted by molar-refractivity contribution is 0.0954.